The summed E-state index contributed by atoms with van der Waals surface area (Å²) in [4.78, 5) is 22.8. The molecule has 18 heavy (non-hydrogen) atoms. The molecule has 0 amide bonds. The van der Waals surface area contributed by atoms with E-state index in [2.05, 4.69) is 0 Å². The van der Waals surface area contributed by atoms with Crippen LogP contribution in [0.1, 0.15) is 25.8 Å². The van der Waals surface area contributed by atoms with Crippen LogP contribution >= 0.6 is 0 Å². The average Bonchev–Trinajstić information content (AvgIpc) is 2.35. The number of carbonyl (C=O) groups excluding carboxylic acids is 2. The van der Waals surface area contributed by atoms with Crippen molar-refractivity contribution >= 4 is 17.8 Å². The molecule has 0 N–H and O–H groups in total. The molecule has 1 rings (SSSR count). The van der Waals surface area contributed by atoms with E-state index in [-0.39, 0.29) is 18.1 Å². The zero-order chi connectivity index (χ0) is 13.4. The van der Waals surface area contributed by atoms with Gasteiger partial charge in [0.25, 0.3) is 0 Å². The van der Waals surface area contributed by atoms with Gasteiger partial charge in [0.1, 0.15) is 6.42 Å². The topological polar surface area (TPSA) is 43.4 Å². The minimum Gasteiger partial charge on any atom is -0.465 e. The lowest BCUT2D eigenvalue weighted by Crippen LogP contribution is -2.13. The van der Waals surface area contributed by atoms with E-state index in [0.717, 1.165) is 5.56 Å². The second-order valence-electron chi connectivity index (χ2n) is 4.46. The minimum atomic E-state index is -0.466. The minimum absolute atomic E-state index is 0.198. The normalized spacial score (nSPS) is 10.8. The lowest BCUT2D eigenvalue weighted by molar-refractivity contribution is -0.146. The summed E-state index contributed by atoms with van der Waals surface area (Å²) >= 11 is 0. The molecule has 0 aliphatic carbocycles. The van der Waals surface area contributed by atoms with Gasteiger partial charge in [-0.25, -0.2) is 0 Å². The van der Waals surface area contributed by atoms with Gasteiger partial charge in [0.05, 0.1) is 6.61 Å². The molecular weight excluding hydrogens is 228 g/mol. The predicted octanol–water partition coefficient (Wildman–Crippen LogP) is 2.86. The first-order chi connectivity index (χ1) is 8.58. The van der Waals surface area contributed by atoms with Crippen molar-refractivity contribution in [3.8, 4) is 0 Å². The first-order valence-corrected chi connectivity index (χ1v) is 5.99. The van der Waals surface area contributed by atoms with Gasteiger partial charge in [-0.1, -0.05) is 50.3 Å². The zero-order valence-electron chi connectivity index (χ0n) is 10.8. The summed E-state index contributed by atoms with van der Waals surface area (Å²) in [6.07, 6.45) is 2.90. The number of esters is 1. The molecule has 0 saturated heterocycles. The Kier molecular flexibility index (Phi) is 5.85. The van der Waals surface area contributed by atoms with Gasteiger partial charge in [-0.3, -0.25) is 9.59 Å². The predicted molar refractivity (Wildman–Crippen MR) is 70.9 cm³/mol. The summed E-state index contributed by atoms with van der Waals surface area (Å²) in [5, 5.41) is 0. The van der Waals surface area contributed by atoms with Crippen LogP contribution < -0.4 is 0 Å². The molecule has 0 saturated carbocycles. The number of ether oxygens (including phenoxy) is 1. The third-order valence-electron chi connectivity index (χ3n) is 2.16. The maximum atomic E-state index is 11.5. The number of ketones is 1. The molecule has 0 aliphatic rings. The summed E-state index contributed by atoms with van der Waals surface area (Å²) in [7, 11) is 0. The molecule has 0 aliphatic heterocycles. The van der Waals surface area contributed by atoms with Crippen LogP contribution in [0.4, 0.5) is 0 Å². The summed E-state index contributed by atoms with van der Waals surface area (Å²) < 4.78 is 4.93. The Balaban J connectivity index is 2.38. The highest BCUT2D eigenvalue weighted by atomic mass is 16.5. The SMILES string of the molecule is CC(C)COC(=O)CC(=O)C=Cc1ccccc1. The summed E-state index contributed by atoms with van der Waals surface area (Å²) in [6.45, 7) is 4.25. The van der Waals surface area contributed by atoms with Crippen LogP contribution in [0.3, 0.4) is 0 Å². The molecule has 1 aromatic rings. The Morgan fingerprint density at radius 1 is 1.22 bits per heavy atom. The van der Waals surface area contributed by atoms with Gasteiger partial charge in [0, 0.05) is 0 Å². The highest BCUT2D eigenvalue weighted by molar-refractivity contribution is 6.03. The number of allylic oxidation sites excluding steroid dienone is 1. The molecule has 0 heterocycles. The number of carbonyl (C=O) groups is 2. The molecule has 0 aromatic heterocycles. The van der Waals surface area contributed by atoms with Gasteiger partial charge >= 0.3 is 5.97 Å². The number of hydrogen-bond donors (Lipinski definition) is 0. The van der Waals surface area contributed by atoms with E-state index >= 15 is 0 Å². The zero-order valence-corrected chi connectivity index (χ0v) is 10.8. The van der Waals surface area contributed by atoms with Gasteiger partial charge in [0.15, 0.2) is 5.78 Å². The van der Waals surface area contributed by atoms with E-state index in [1.165, 1.54) is 6.08 Å². The fourth-order valence-electron chi connectivity index (χ4n) is 1.27. The van der Waals surface area contributed by atoms with Crippen molar-refractivity contribution in [1.29, 1.82) is 0 Å². The summed E-state index contributed by atoms with van der Waals surface area (Å²) in [5.74, 6) is -0.428. The molecule has 0 spiro atoms. The van der Waals surface area contributed by atoms with Crippen molar-refractivity contribution in [2.24, 2.45) is 5.92 Å². The average molecular weight is 246 g/mol. The van der Waals surface area contributed by atoms with Crippen LogP contribution in [0.2, 0.25) is 0 Å². The number of hydrogen-bond acceptors (Lipinski definition) is 3. The van der Waals surface area contributed by atoms with Crippen LogP contribution in [-0.2, 0) is 14.3 Å². The monoisotopic (exact) mass is 246 g/mol. The fraction of sp³-hybridized carbons (Fsp3) is 0.333. The molecule has 3 heteroatoms. The Bertz CT molecular complexity index is 419. The largest absolute Gasteiger partial charge is 0.465 e. The van der Waals surface area contributed by atoms with Gasteiger partial charge in [-0.2, -0.15) is 0 Å². The molecule has 0 bridgehead atoms. The van der Waals surface area contributed by atoms with Gasteiger partial charge in [0.2, 0.25) is 0 Å². The van der Waals surface area contributed by atoms with Crippen molar-refractivity contribution < 1.29 is 14.3 Å². The van der Waals surface area contributed by atoms with E-state index in [9.17, 15) is 9.59 Å². The van der Waals surface area contributed by atoms with Gasteiger partial charge in [-0.15, -0.1) is 0 Å². The van der Waals surface area contributed by atoms with E-state index in [1.807, 2.05) is 44.2 Å². The second kappa shape index (κ2) is 7.43. The van der Waals surface area contributed by atoms with Crippen LogP contribution in [0.15, 0.2) is 36.4 Å². The molecule has 0 radical (unpaired) electrons. The van der Waals surface area contributed by atoms with Crippen molar-refractivity contribution in [3.05, 3.63) is 42.0 Å². The first kappa shape index (κ1) is 14.2. The van der Waals surface area contributed by atoms with Crippen LogP contribution in [0.25, 0.3) is 6.08 Å². The Morgan fingerprint density at radius 3 is 2.50 bits per heavy atom. The van der Waals surface area contributed by atoms with Gasteiger partial charge < -0.3 is 4.74 Å². The van der Waals surface area contributed by atoms with E-state index in [0.29, 0.717) is 6.61 Å². The quantitative estimate of drug-likeness (QED) is 0.440. The lowest BCUT2D eigenvalue weighted by atomic mass is 10.2. The number of rotatable bonds is 6. The van der Waals surface area contributed by atoms with Crippen LogP contribution in [0.5, 0.6) is 0 Å². The van der Waals surface area contributed by atoms with Gasteiger partial charge in [-0.05, 0) is 17.6 Å². The maximum absolute atomic E-state index is 11.5. The van der Waals surface area contributed by atoms with Crippen molar-refractivity contribution in [1.82, 2.24) is 0 Å². The number of benzene rings is 1. The van der Waals surface area contributed by atoms with E-state index < -0.39 is 5.97 Å². The third kappa shape index (κ3) is 5.99. The Labute approximate surface area is 107 Å². The smallest absolute Gasteiger partial charge is 0.313 e. The highest BCUT2D eigenvalue weighted by Gasteiger charge is 2.08. The fourth-order valence-corrected chi connectivity index (χ4v) is 1.27. The highest BCUT2D eigenvalue weighted by Crippen LogP contribution is 2.02. The Morgan fingerprint density at radius 2 is 1.89 bits per heavy atom. The molecule has 3 nitrogen and oxygen atoms in total. The molecule has 0 unspecified atom stereocenters. The lowest BCUT2D eigenvalue weighted by Gasteiger charge is -2.05. The molecular formula is C15H18O3. The van der Waals surface area contributed by atoms with Crippen molar-refractivity contribution in [2.75, 3.05) is 6.61 Å². The van der Waals surface area contributed by atoms with Crippen LogP contribution in [-0.4, -0.2) is 18.4 Å². The second-order valence-corrected chi connectivity index (χ2v) is 4.46. The Hall–Kier alpha value is -1.90. The standard InChI is InChI=1S/C15H18O3/c1-12(2)11-18-15(17)10-14(16)9-8-13-6-4-3-5-7-13/h3-9,12H,10-11H2,1-2H3. The molecule has 0 atom stereocenters. The maximum Gasteiger partial charge on any atom is 0.313 e. The van der Waals surface area contributed by atoms with Crippen LogP contribution in [0, 0.1) is 5.92 Å². The van der Waals surface area contributed by atoms with Crippen molar-refractivity contribution in [2.45, 2.75) is 20.3 Å². The van der Waals surface area contributed by atoms with E-state index in [4.69, 9.17) is 4.74 Å². The summed E-state index contributed by atoms with van der Waals surface area (Å²) in [6, 6.07) is 9.46. The molecule has 1 aromatic carbocycles. The van der Waals surface area contributed by atoms with E-state index in [1.54, 1.807) is 6.08 Å². The van der Waals surface area contributed by atoms with Crippen molar-refractivity contribution in [3.63, 3.8) is 0 Å². The molecule has 96 valence electrons. The molecule has 0 fully saturated rings. The third-order valence-corrected chi connectivity index (χ3v) is 2.16. The first-order valence-electron chi connectivity index (χ1n) is 5.99. The summed E-state index contributed by atoms with van der Waals surface area (Å²) in [5.41, 5.74) is 0.932.